The first-order valence-corrected chi connectivity index (χ1v) is 4.53. The quantitative estimate of drug-likeness (QED) is 0.538. The van der Waals surface area contributed by atoms with Crippen molar-refractivity contribution >= 4 is 9.24 Å². The van der Waals surface area contributed by atoms with Crippen molar-refractivity contribution in [3.8, 4) is 0 Å². The molecule has 1 heterocycles. The van der Waals surface area contributed by atoms with E-state index in [0.717, 1.165) is 19.1 Å². The van der Waals surface area contributed by atoms with Crippen LogP contribution in [0.1, 0.15) is 19.3 Å². The molecule has 1 unspecified atom stereocenters. The van der Waals surface area contributed by atoms with Crippen molar-refractivity contribution in [1.82, 2.24) is 0 Å². The highest BCUT2D eigenvalue weighted by Gasteiger charge is 2.11. The molecule has 1 rings (SSSR count). The van der Waals surface area contributed by atoms with Crippen LogP contribution in [0.15, 0.2) is 0 Å². The molecule has 1 aliphatic heterocycles. The van der Waals surface area contributed by atoms with E-state index in [1.165, 1.54) is 25.4 Å². The fraction of sp³-hybridized carbons (Fsp3) is 1.00. The summed E-state index contributed by atoms with van der Waals surface area (Å²) in [6.45, 7) is 1.99. The van der Waals surface area contributed by atoms with Crippen LogP contribution in [-0.2, 0) is 4.74 Å². The van der Waals surface area contributed by atoms with E-state index in [1.807, 2.05) is 0 Å². The molecule has 0 amide bonds. The average Bonchev–Trinajstić information content (AvgIpc) is 1.91. The van der Waals surface area contributed by atoms with E-state index in [2.05, 4.69) is 9.24 Å². The van der Waals surface area contributed by atoms with Gasteiger partial charge in [-0.25, -0.2) is 0 Å². The van der Waals surface area contributed by atoms with Gasteiger partial charge in [0.1, 0.15) is 0 Å². The first kappa shape index (κ1) is 7.50. The van der Waals surface area contributed by atoms with E-state index >= 15 is 0 Å². The topological polar surface area (TPSA) is 9.23 Å². The number of hydrogen-bond donors (Lipinski definition) is 0. The Hall–Kier alpha value is 0.390. The molecule has 2 heteroatoms. The fourth-order valence-electron chi connectivity index (χ4n) is 1.27. The van der Waals surface area contributed by atoms with Crippen molar-refractivity contribution in [2.45, 2.75) is 19.3 Å². The Morgan fingerprint density at radius 3 is 2.56 bits per heavy atom. The Morgan fingerprint density at radius 1 is 1.33 bits per heavy atom. The van der Waals surface area contributed by atoms with Crippen molar-refractivity contribution in [2.24, 2.45) is 5.92 Å². The van der Waals surface area contributed by atoms with E-state index < -0.39 is 0 Å². The third kappa shape index (κ3) is 2.64. The van der Waals surface area contributed by atoms with Gasteiger partial charge in [0.05, 0.1) is 0 Å². The lowest BCUT2D eigenvalue weighted by Gasteiger charge is -2.20. The van der Waals surface area contributed by atoms with Gasteiger partial charge in [0, 0.05) is 13.2 Å². The van der Waals surface area contributed by atoms with Gasteiger partial charge >= 0.3 is 0 Å². The normalized spacial score (nSPS) is 22.3. The Kier molecular flexibility index (Phi) is 3.54. The lowest BCUT2D eigenvalue weighted by atomic mass is 9.98. The van der Waals surface area contributed by atoms with Crippen molar-refractivity contribution < 1.29 is 4.74 Å². The maximum Gasteiger partial charge on any atom is 0.0468 e. The zero-order chi connectivity index (χ0) is 6.53. The molecule has 1 saturated heterocycles. The summed E-state index contributed by atoms with van der Waals surface area (Å²) in [4.78, 5) is 0. The molecule has 9 heavy (non-hydrogen) atoms. The molecule has 0 N–H and O–H groups in total. The first-order chi connectivity index (χ1) is 4.43. The van der Waals surface area contributed by atoms with Gasteiger partial charge in [0.25, 0.3) is 0 Å². The van der Waals surface area contributed by atoms with E-state index in [-0.39, 0.29) is 0 Å². The van der Waals surface area contributed by atoms with Crippen LogP contribution in [0.25, 0.3) is 0 Å². The molecule has 0 aliphatic carbocycles. The lowest BCUT2D eigenvalue weighted by Crippen LogP contribution is -2.15. The molecule has 0 aromatic rings. The number of ether oxygens (including phenoxy) is 1. The molecule has 0 spiro atoms. The molecule has 1 nitrogen and oxygen atoms in total. The third-order valence-electron chi connectivity index (χ3n) is 1.92. The predicted molar refractivity (Wildman–Crippen MR) is 42.7 cm³/mol. The van der Waals surface area contributed by atoms with Crippen LogP contribution in [0.3, 0.4) is 0 Å². The summed E-state index contributed by atoms with van der Waals surface area (Å²) < 4.78 is 5.24. The highest BCUT2D eigenvalue weighted by atomic mass is 31.0. The Labute approximate surface area is 59.4 Å². The van der Waals surface area contributed by atoms with Crippen molar-refractivity contribution in [2.75, 3.05) is 19.4 Å². The summed E-state index contributed by atoms with van der Waals surface area (Å²) in [5.74, 6) is 0.955. The van der Waals surface area contributed by atoms with Gasteiger partial charge < -0.3 is 4.74 Å². The van der Waals surface area contributed by atoms with Crippen LogP contribution in [0.4, 0.5) is 0 Å². The van der Waals surface area contributed by atoms with E-state index in [4.69, 9.17) is 4.74 Å². The highest BCUT2D eigenvalue weighted by molar-refractivity contribution is 7.16. The summed E-state index contributed by atoms with van der Waals surface area (Å²) in [5.41, 5.74) is 0. The van der Waals surface area contributed by atoms with Gasteiger partial charge in [0.2, 0.25) is 0 Å². The molecule has 54 valence electrons. The largest absolute Gasteiger partial charge is 0.381 e. The van der Waals surface area contributed by atoms with Gasteiger partial charge in [-0.3, -0.25) is 0 Å². The standard InChI is InChI=1S/C7H15OP/c9-6-3-7-1-4-8-5-2-7/h7H,1-6,9H2. The fourth-order valence-corrected chi connectivity index (χ4v) is 1.74. The molecule has 1 aliphatic rings. The second kappa shape index (κ2) is 4.24. The van der Waals surface area contributed by atoms with Crippen LogP contribution in [0, 0.1) is 5.92 Å². The summed E-state index contributed by atoms with van der Waals surface area (Å²) in [7, 11) is 2.79. The van der Waals surface area contributed by atoms with Crippen LogP contribution in [-0.4, -0.2) is 19.4 Å². The number of rotatable bonds is 2. The van der Waals surface area contributed by atoms with Gasteiger partial charge in [-0.05, 0) is 31.3 Å². The SMILES string of the molecule is PCCC1CCOCC1. The van der Waals surface area contributed by atoms with Crippen LogP contribution in [0.5, 0.6) is 0 Å². The molecular weight excluding hydrogens is 131 g/mol. The van der Waals surface area contributed by atoms with Crippen LogP contribution >= 0.6 is 9.24 Å². The summed E-state index contributed by atoms with van der Waals surface area (Å²) in [6.07, 6.45) is 5.20. The Balaban J connectivity index is 2.08. The van der Waals surface area contributed by atoms with Gasteiger partial charge in [-0.1, -0.05) is 0 Å². The summed E-state index contributed by atoms with van der Waals surface area (Å²) in [6, 6.07) is 0. The van der Waals surface area contributed by atoms with Gasteiger partial charge in [0.15, 0.2) is 0 Å². The average molecular weight is 146 g/mol. The second-order valence-electron chi connectivity index (χ2n) is 2.63. The van der Waals surface area contributed by atoms with Crippen molar-refractivity contribution in [3.05, 3.63) is 0 Å². The summed E-state index contributed by atoms with van der Waals surface area (Å²) in [5, 5.41) is 0. The molecule has 0 bridgehead atoms. The maximum absolute atomic E-state index is 5.24. The predicted octanol–water partition coefficient (Wildman–Crippen LogP) is 1.68. The maximum atomic E-state index is 5.24. The zero-order valence-corrected chi connectivity index (χ0v) is 6.96. The molecule has 0 radical (unpaired) electrons. The Bertz CT molecular complexity index is 66.6. The van der Waals surface area contributed by atoms with Gasteiger partial charge in [-0.2, -0.15) is 0 Å². The monoisotopic (exact) mass is 146 g/mol. The highest BCUT2D eigenvalue weighted by Crippen LogP contribution is 2.18. The second-order valence-corrected chi connectivity index (χ2v) is 3.21. The zero-order valence-electron chi connectivity index (χ0n) is 5.81. The van der Waals surface area contributed by atoms with Crippen LogP contribution < -0.4 is 0 Å². The minimum absolute atomic E-state index is 0.955. The molecular formula is C7H15OP. The first-order valence-electron chi connectivity index (χ1n) is 3.71. The van der Waals surface area contributed by atoms with E-state index in [9.17, 15) is 0 Å². The van der Waals surface area contributed by atoms with E-state index in [0.29, 0.717) is 0 Å². The smallest absolute Gasteiger partial charge is 0.0468 e. The molecule has 0 saturated carbocycles. The third-order valence-corrected chi connectivity index (χ3v) is 2.25. The minimum atomic E-state index is 0.955. The molecule has 0 aromatic heterocycles. The Morgan fingerprint density at radius 2 is 2.00 bits per heavy atom. The van der Waals surface area contributed by atoms with E-state index in [1.54, 1.807) is 0 Å². The molecule has 0 aromatic carbocycles. The molecule has 1 fully saturated rings. The minimum Gasteiger partial charge on any atom is -0.381 e. The van der Waals surface area contributed by atoms with Crippen LogP contribution in [0.2, 0.25) is 0 Å². The van der Waals surface area contributed by atoms with Gasteiger partial charge in [-0.15, -0.1) is 9.24 Å². The summed E-state index contributed by atoms with van der Waals surface area (Å²) >= 11 is 0. The molecule has 1 atom stereocenters. The van der Waals surface area contributed by atoms with Crippen molar-refractivity contribution in [1.29, 1.82) is 0 Å². The number of hydrogen-bond acceptors (Lipinski definition) is 1. The van der Waals surface area contributed by atoms with Crippen molar-refractivity contribution in [3.63, 3.8) is 0 Å². The lowest BCUT2D eigenvalue weighted by molar-refractivity contribution is 0.0657.